The van der Waals surface area contributed by atoms with E-state index in [1.807, 2.05) is 12.1 Å². The predicted molar refractivity (Wildman–Crippen MR) is 89.4 cm³/mol. The van der Waals surface area contributed by atoms with Gasteiger partial charge in [0.25, 0.3) is 10.0 Å². The average molecular weight is 340 g/mol. The Morgan fingerprint density at radius 3 is 2.27 bits per heavy atom. The summed E-state index contributed by atoms with van der Waals surface area (Å²) in [5, 5.41) is 0.262. The number of hydrogen-bond acceptors (Lipinski definition) is 3. The van der Waals surface area contributed by atoms with Gasteiger partial charge in [0, 0.05) is 7.05 Å². The number of anilines is 1. The summed E-state index contributed by atoms with van der Waals surface area (Å²) in [4.78, 5) is 0.125. The van der Waals surface area contributed by atoms with E-state index in [-0.39, 0.29) is 9.92 Å². The standard InChI is InChI=1S/C16H18ClNO3S/c1-4-12-5-7-13(8-6-12)18(2)22(19,20)14-9-10-16(21-3)15(17)11-14/h5-11H,4H2,1-3H3. The van der Waals surface area contributed by atoms with Crippen LogP contribution in [0.15, 0.2) is 47.4 Å². The number of sulfonamides is 1. The monoisotopic (exact) mass is 339 g/mol. The molecule has 0 atom stereocenters. The molecule has 0 amide bonds. The van der Waals surface area contributed by atoms with Gasteiger partial charge in [0.15, 0.2) is 0 Å². The van der Waals surface area contributed by atoms with Crippen molar-refractivity contribution in [2.75, 3.05) is 18.5 Å². The maximum absolute atomic E-state index is 12.7. The summed E-state index contributed by atoms with van der Waals surface area (Å²) in [5.74, 6) is 0.440. The van der Waals surface area contributed by atoms with Crippen molar-refractivity contribution in [3.8, 4) is 5.75 Å². The van der Waals surface area contributed by atoms with E-state index in [0.717, 1.165) is 12.0 Å². The third-order valence-electron chi connectivity index (χ3n) is 3.49. The fraction of sp³-hybridized carbons (Fsp3) is 0.250. The number of ether oxygens (including phenoxy) is 1. The van der Waals surface area contributed by atoms with Gasteiger partial charge in [-0.25, -0.2) is 8.42 Å². The maximum atomic E-state index is 12.7. The van der Waals surface area contributed by atoms with E-state index >= 15 is 0 Å². The molecule has 0 N–H and O–H groups in total. The van der Waals surface area contributed by atoms with Gasteiger partial charge >= 0.3 is 0 Å². The minimum Gasteiger partial charge on any atom is -0.495 e. The lowest BCUT2D eigenvalue weighted by molar-refractivity contribution is 0.414. The quantitative estimate of drug-likeness (QED) is 0.833. The van der Waals surface area contributed by atoms with Crippen LogP contribution in [-0.4, -0.2) is 22.6 Å². The van der Waals surface area contributed by atoms with Gasteiger partial charge in [-0.15, -0.1) is 0 Å². The highest BCUT2D eigenvalue weighted by molar-refractivity contribution is 7.92. The zero-order valence-corrected chi connectivity index (χ0v) is 14.3. The van der Waals surface area contributed by atoms with Gasteiger partial charge in [0.05, 0.1) is 22.7 Å². The molecule has 118 valence electrons. The number of benzene rings is 2. The molecule has 0 aliphatic carbocycles. The molecule has 0 unspecified atom stereocenters. The molecule has 2 aromatic carbocycles. The Morgan fingerprint density at radius 1 is 1.14 bits per heavy atom. The van der Waals surface area contributed by atoms with E-state index in [1.54, 1.807) is 18.2 Å². The summed E-state index contributed by atoms with van der Waals surface area (Å²) in [6, 6.07) is 11.8. The van der Waals surface area contributed by atoms with E-state index in [0.29, 0.717) is 11.4 Å². The third kappa shape index (κ3) is 3.20. The van der Waals surface area contributed by atoms with Gasteiger partial charge < -0.3 is 4.74 Å². The first-order valence-corrected chi connectivity index (χ1v) is 8.63. The summed E-state index contributed by atoms with van der Waals surface area (Å²) in [7, 11) is -0.661. The zero-order valence-electron chi connectivity index (χ0n) is 12.7. The first kappa shape index (κ1) is 16.6. The molecular formula is C16H18ClNO3S. The molecule has 0 spiro atoms. The molecule has 0 saturated carbocycles. The van der Waals surface area contributed by atoms with Crippen LogP contribution >= 0.6 is 11.6 Å². The normalized spacial score (nSPS) is 11.3. The van der Waals surface area contributed by atoms with Gasteiger partial charge in [-0.05, 0) is 42.3 Å². The summed E-state index contributed by atoms with van der Waals surface area (Å²) in [5.41, 5.74) is 1.76. The number of methoxy groups -OCH3 is 1. The predicted octanol–water partition coefficient (Wildman–Crippen LogP) is 3.74. The summed E-state index contributed by atoms with van der Waals surface area (Å²) < 4.78 is 31.6. The van der Waals surface area contributed by atoms with Crippen molar-refractivity contribution in [3.05, 3.63) is 53.1 Å². The molecule has 6 heteroatoms. The second-order valence-corrected chi connectivity index (χ2v) is 7.17. The van der Waals surface area contributed by atoms with Gasteiger partial charge in [-0.1, -0.05) is 30.7 Å². The van der Waals surface area contributed by atoms with Gasteiger partial charge in [-0.2, -0.15) is 0 Å². The Morgan fingerprint density at radius 2 is 1.77 bits per heavy atom. The molecule has 0 radical (unpaired) electrons. The fourth-order valence-corrected chi connectivity index (χ4v) is 3.59. The van der Waals surface area contributed by atoms with Crippen LogP contribution in [0.5, 0.6) is 5.75 Å². The largest absolute Gasteiger partial charge is 0.495 e. The maximum Gasteiger partial charge on any atom is 0.264 e. The van der Waals surface area contributed by atoms with Crippen LogP contribution < -0.4 is 9.04 Å². The second-order valence-electron chi connectivity index (χ2n) is 4.79. The number of rotatable bonds is 5. The molecule has 22 heavy (non-hydrogen) atoms. The van der Waals surface area contributed by atoms with E-state index < -0.39 is 10.0 Å². The van der Waals surface area contributed by atoms with E-state index in [4.69, 9.17) is 16.3 Å². The molecule has 0 bridgehead atoms. The Kier molecular flexibility index (Phi) is 4.98. The lowest BCUT2D eigenvalue weighted by atomic mass is 10.1. The molecule has 0 aliphatic heterocycles. The van der Waals surface area contributed by atoms with Crippen molar-refractivity contribution < 1.29 is 13.2 Å². The van der Waals surface area contributed by atoms with Crippen LogP contribution in [0.1, 0.15) is 12.5 Å². The Labute approximate surface area is 136 Å². The minimum absolute atomic E-state index is 0.125. The molecule has 2 rings (SSSR count). The topological polar surface area (TPSA) is 46.6 Å². The van der Waals surface area contributed by atoms with Crippen molar-refractivity contribution in [2.24, 2.45) is 0 Å². The molecule has 4 nitrogen and oxygen atoms in total. The van der Waals surface area contributed by atoms with Crippen LogP contribution in [0, 0.1) is 0 Å². The molecule has 0 aliphatic rings. The van der Waals surface area contributed by atoms with Crippen molar-refractivity contribution in [1.82, 2.24) is 0 Å². The Balaban J connectivity index is 2.37. The number of aryl methyl sites for hydroxylation is 1. The number of hydrogen-bond donors (Lipinski definition) is 0. The van der Waals surface area contributed by atoms with Crippen LogP contribution in [0.4, 0.5) is 5.69 Å². The molecule has 0 aromatic heterocycles. The van der Waals surface area contributed by atoms with Crippen LogP contribution in [-0.2, 0) is 16.4 Å². The van der Waals surface area contributed by atoms with Crippen molar-refractivity contribution in [1.29, 1.82) is 0 Å². The summed E-state index contributed by atoms with van der Waals surface area (Å²) in [6.45, 7) is 2.05. The zero-order chi connectivity index (χ0) is 16.3. The van der Waals surface area contributed by atoms with Crippen molar-refractivity contribution in [2.45, 2.75) is 18.2 Å². The summed E-state index contributed by atoms with van der Waals surface area (Å²) in [6.07, 6.45) is 0.908. The highest BCUT2D eigenvalue weighted by Crippen LogP contribution is 2.29. The van der Waals surface area contributed by atoms with E-state index in [9.17, 15) is 8.42 Å². The second kappa shape index (κ2) is 6.58. The van der Waals surface area contributed by atoms with Crippen molar-refractivity contribution >= 4 is 27.3 Å². The number of halogens is 1. The van der Waals surface area contributed by atoms with Crippen LogP contribution in [0.25, 0.3) is 0 Å². The van der Waals surface area contributed by atoms with Crippen LogP contribution in [0.2, 0.25) is 5.02 Å². The third-order valence-corrected chi connectivity index (χ3v) is 5.57. The van der Waals surface area contributed by atoms with E-state index in [2.05, 4.69) is 6.92 Å². The first-order chi connectivity index (χ1) is 10.4. The molecule has 0 saturated heterocycles. The lowest BCUT2D eigenvalue weighted by Gasteiger charge is -2.20. The summed E-state index contributed by atoms with van der Waals surface area (Å²) >= 11 is 6.02. The van der Waals surface area contributed by atoms with Crippen molar-refractivity contribution in [3.63, 3.8) is 0 Å². The van der Waals surface area contributed by atoms with Gasteiger partial charge in [-0.3, -0.25) is 4.31 Å². The van der Waals surface area contributed by atoms with Gasteiger partial charge in [0.2, 0.25) is 0 Å². The fourth-order valence-electron chi connectivity index (χ4n) is 2.05. The highest BCUT2D eigenvalue weighted by Gasteiger charge is 2.22. The number of nitrogens with zero attached hydrogens (tertiary/aromatic N) is 1. The first-order valence-electron chi connectivity index (χ1n) is 6.81. The Hall–Kier alpha value is -1.72. The Bertz CT molecular complexity index is 757. The SMILES string of the molecule is CCc1ccc(N(C)S(=O)(=O)c2ccc(OC)c(Cl)c2)cc1. The minimum atomic E-state index is -3.67. The lowest BCUT2D eigenvalue weighted by Crippen LogP contribution is -2.26. The van der Waals surface area contributed by atoms with Gasteiger partial charge in [0.1, 0.15) is 5.75 Å². The smallest absolute Gasteiger partial charge is 0.264 e. The van der Waals surface area contributed by atoms with E-state index in [1.165, 1.54) is 30.6 Å². The molecular weight excluding hydrogens is 322 g/mol. The molecule has 0 fully saturated rings. The molecule has 0 heterocycles. The van der Waals surface area contributed by atoms with Crippen LogP contribution in [0.3, 0.4) is 0 Å². The molecule has 2 aromatic rings. The average Bonchev–Trinajstić information content (AvgIpc) is 2.54. The highest BCUT2D eigenvalue weighted by atomic mass is 35.5.